The number of aliphatic hydroxyl groups is 1. The first-order valence-electron chi connectivity index (χ1n) is 5.23. The van der Waals surface area contributed by atoms with Crippen molar-refractivity contribution in [3.8, 4) is 0 Å². The Labute approximate surface area is 105 Å². The second-order valence-electron chi connectivity index (χ2n) is 3.64. The summed E-state index contributed by atoms with van der Waals surface area (Å²) in [5.74, 6) is 1.61. The number of unbranched alkanes of at least 4 members (excludes halogenated alkanes) is 1. The Hall–Kier alpha value is -0.290. The Morgan fingerprint density at radius 2 is 2.33 bits per heavy atom. The number of furan rings is 1. The Balaban J connectivity index is 2.54. The molecule has 0 aliphatic carbocycles. The molecule has 1 aromatic heterocycles. The Bertz CT molecular complexity index is 317. The highest BCUT2D eigenvalue weighted by molar-refractivity contribution is 14.1. The lowest BCUT2D eigenvalue weighted by Crippen LogP contribution is -1.94. The summed E-state index contributed by atoms with van der Waals surface area (Å²) in [4.78, 5) is 0. The average Bonchev–Trinajstić information content (AvgIpc) is 2.62. The van der Waals surface area contributed by atoms with Crippen LogP contribution in [-0.2, 0) is 6.42 Å². The number of aliphatic hydroxyl groups excluding tert-OH is 1. The quantitative estimate of drug-likeness (QED) is 0.804. The first-order valence-corrected chi connectivity index (χ1v) is 6.31. The van der Waals surface area contributed by atoms with Crippen molar-refractivity contribution in [2.45, 2.75) is 38.7 Å². The third-order valence-electron chi connectivity index (χ3n) is 2.20. The molecule has 0 spiro atoms. The molecular weight excluding hydrogens is 303 g/mol. The molecule has 3 heteroatoms. The number of hydrogen-bond donors (Lipinski definition) is 1. The highest BCUT2D eigenvalue weighted by Gasteiger charge is 2.12. The molecule has 0 saturated heterocycles. The van der Waals surface area contributed by atoms with Gasteiger partial charge in [0.1, 0.15) is 17.6 Å². The van der Waals surface area contributed by atoms with Crippen molar-refractivity contribution in [1.29, 1.82) is 0 Å². The number of rotatable bonds is 6. The van der Waals surface area contributed by atoms with Gasteiger partial charge in [-0.25, -0.2) is 0 Å². The van der Waals surface area contributed by atoms with E-state index in [1.165, 1.54) is 0 Å². The highest BCUT2D eigenvalue weighted by Crippen LogP contribution is 2.25. The van der Waals surface area contributed by atoms with Crippen molar-refractivity contribution in [2.75, 3.05) is 0 Å². The molecule has 84 valence electrons. The van der Waals surface area contributed by atoms with Gasteiger partial charge in [-0.2, -0.15) is 0 Å². The van der Waals surface area contributed by atoms with Gasteiger partial charge in [0.2, 0.25) is 0 Å². The van der Waals surface area contributed by atoms with E-state index in [9.17, 15) is 5.11 Å². The van der Waals surface area contributed by atoms with Crippen LogP contribution in [0, 0.1) is 0 Å². The zero-order valence-corrected chi connectivity index (χ0v) is 11.2. The fourth-order valence-corrected chi connectivity index (χ4v) is 1.79. The maximum absolute atomic E-state index is 9.77. The lowest BCUT2D eigenvalue weighted by molar-refractivity contribution is 0.150. The summed E-state index contributed by atoms with van der Waals surface area (Å²) in [7, 11) is 0. The maximum Gasteiger partial charge on any atom is 0.133 e. The molecule has 1 rings (SSSR count). The minimum absolute atomic E-state index is 0.551. The molecule has 1 N–H and O–H groups in total. The molecule has 0 radical (unpaired) electrons. The zero-order chi connectivity index (χ0) is 11.3. The van der Waals surface area contributed by atoms with Crippen LogP contribution in [0.4, 0.5) is 0 Å². The van der Waals surface area contributed by atoms with Gasteiger partial charge in [0, 0.05) is 12.8 Å². The molecular formula is C12H17IO2. The average molecular weight is 320 g/mol. The fourth-order valence-electron chi connectivity index (χ4n) is 1.37. The van der Waals surface area contributed by atoms with Crippen LogP contribution in [-0.4, -0.2) is 5.11 Å². The number of halogens is 1. The molecule has 0 aliphatic rings. The van der Waals surface area contributed by atoms with Crippen LogP contribution >= 0.6 is 22.6 Å². The summed E-state index contributed by atoms with van der Waals surface area (Å²) in [5, 5.41) is 9.77. The van der Waals surface area contributed by atoms with Crippen LogP contribution in [0.1, 0.15) is 43.8 Å². The zero-order valence-electron chi connectivity index (χ0n) is 9.00. The van der Waals surface area contributed by atoms with Crippen molar-refractivity contribution < 1.29 is 9.52 Å². The fraction of sp³-hybridized carbons (Fsp3) is 0.500. The first kappa shape index (κ1) is 12.8. The van der Waals surface area contributed by atoms with Crippen LogP contribution in [0.5, 0.6) is 0 Å². The molecule has 1 heterocycles. The Kier molecular flexibility index (Phi) is 5.39. The molecule has 0 saturated carbocycles. The Morgan fingerprint density at radius 3 is 2.93 bits per heavy atom. The molecule has 1 atom stereocenters. The molecule has 0 fully saturated rings. The van der Waals surface area contributed by atoms with Gasteiger partial charge in [0.15, 0.2) is 0 Å². The summed E-state index contributed by atoms with van der Waals surface area (Å²) in [6, 6.07) is 3.80. The lowest BCUT2D eigenvalue weighted by Gasteiger charge is -2.05. The minimum Gasteiger partial charge on any atom is -0.463 e. The summed E-state index contributed by atoms with van der Waals surface area (Å²) >= 11 is 2.12. The molecule has 0 aromatic carbocycles. The summed E-state index contributed by atoms with van der Waals surface area (Å²) in [6.07, 6.45) is 3.24. The van der Waals surface area contributed by atoms with Gasteiger partial charge in [0.05, 0.1) is 0 Å². The van der Waals surface area contributed by atoms with Gasteiger partial charge in [-0.1, -0.05) is 19.9 Å². The largest absolute Gasteiger partial charge is 0.463 e. The van der Waals surface area contributed by atoms with Gasteiger partial charge >= 0.3 is 0 Å². The van der Waals surface area contributed by atoms with E-state index in [1.807, 2.05) is 12.1 Å². The van der Waals surface area contributed by atoms with E-state index < -0.39 is 6.10 Å². The Morgan fingerprint density at radius 1 is 1.60 bits per heavy atom. The molecule has 0 amide bonds. The van der Waals surface area contributed by atoms with E-state index >= 15 is 0 Å². The summed E-state index contributed by atoms with van der Waals surface area (Å²) in [5.41, 5.74) is 0. The van der Waals surface area contributed by atoms with E-state index in [2.05, 4.69) is 36.1 Å². The van der Waals surface area contributed by atoms with Crippen LogP contribution in [0.3, 0.4) is 0 Å². The topological polar surface area (TPSA) is 33.4 Å². The summed E-state index contributed by atoms with van der Waals surface area (Å²) < 4.78 is 6.49. The SMILES string of the molecule is C=C(I)CC(O)c1ccc(CCCC)o1. The van der Waals surface area contributed by atoms with Crippen molar-refractivity contribution in [3.05, 3.63) is 33.8 Å². The molecule has 0 aliphatic heterocycles. The third kappa shape index (κ3) is 4.38. The number of aryl methyl sites for hydroxylation is 1. The standard InChI is InChI=1S/C12H17IO2/c1-3-4-5-10-6-7-12(15-10)11(14)8-9(2)13/h6-7,11,14H,2-5,8H2,1H3. The number of hydrogen-bond acceptors (Lipinski definition) is 2. The van der Waals surface area contributed by atoms with Crippen LogP contribution in [0.25, 0.3) is 0 Å². The van der Waals surface area contributed by atoms with Gasteiger partial charge < -0.3 is 9.52 Å². The lowest BCUT2D eigenvalue weighted by atomic mass is 10.2. The highest BCUT2D eigenvalue weighted by atomic mass is 127. The molecule has 1 aromatic rings. The smallest absolute Gasteiger partial charge is 0.133 e. The van der Waals surface area contributed by atoms with Crippen LogP contribution < -0.4 is 0 Å². The van der Waals surface area contributed by atoms with Gasteiger partial charge in [-0.05, 0) is 44.7 Å². The second-order valence-corrected chi connectivity index (χ2v) is 5.17. The second kappa shape index (κ2) is 6.33. The molecule has 15 heavy (non-hydrogen) atoms. The monoisotopic (exact) mass is 320 g/mol. The maximum atomic E-state index is 9.77. The minimum atomic E-state index is -0.551. The van der Waals surface area contributed by atoms with Crippen molar-refractivity contribution in [2.24, 2.45) is 0 Å². The van der Waals surface area contributed by atoms with Crippen molar-refractivity contribution >= 4 is 22.6 Å². The van der Waals surface area contributed by atoms with Crippen LogP contribution in [0.15, 0.2) is 26.7 Å². The third-order valence-corrected chi connectivity index (χ3v) is 2.64. The van der Waals surface area contributed by atoms with Gasteiger partial charge in [0.25, 0.3) is 0 Å². The molecule has 2 nitrogen and oxygen atoms in total. The van der Waals surface area contributed by atoms with E-state index in [0.717, 1.165) is 28.6 Å². The van der Waals surface area contributed by atoms with Crippen molar-refractivity contribution in [3.63, 3.8) is 0 Å². The van der Waals surface area contributed by atoms with E-state index in [1.54, 1.807) is 0 Å². The van der Waals surface area contributed by atoms with Gasteiger partial charge in [-0.3, -0.25) is 0 Å². The summed E-state index contributed by atoms with van der Waals surface area (Å²) in [6.45, 7) is 5.91. The van der Waals surface area contributed by atoms with Crippen molar-refractivity contribution in [1.82, 2.24) is 0 Å². The normalized spacial score (nSPS) is 12.7. The predicted octanol–water partition coefficient (Wildman–Crippen LogP) is 3.99. The first-order chi connectivity index (χ1) is 7.13. The van der Waals surface area contributed by atoms with Gasteiger partial charge in [-0.15, -0.1) is 0 Å². The van der Waals surface area contributed by atoms with E-state index in [0.29, 0.717) is 12.2 Å². The molecule has 0 bridgehead atoms. The molecule has 1 unspecified atom stereocenters. The van der Waals surface area contributed by atoms with E-state index in [4.69, 9.17) is 4.42 Å². The van der Waals surface area contributed by atoms with Crippen LogP contribution in [0.2, 0.25) is 0 Å². The predicted molar refractivity (Wildman–Crippen MR) is 70.1 cm³/mol. The van der Waals surface area contributed by atoms with E-state index in [-0.39, 0.29) is 0 Å².